The van der Waals surface area contributed by atoms with Crippen LogP contribution in [-0.2, 0) is 19.1 Å². The van der Waals surface area contributed by atoms with Crippen LogP contribution in [0.25, 0.3) is 0 Å². The summed E-state index contributed by atoms with van der Waals surface area (Å²) in [6.45, 7) is 6.06. The van der Waals surface area contributed by atoms with Crippen molar-refractivity contribution in [2.45, 2.75) is 33.1 Å². The number of imide groups is 1. The summed E-state index contributed by atoms with van der Waals surface area (Å²) in [4.78, 5) is 43.1. The zero-order valence-electron chi connectivity index (χ0n) is 21.9. The van der Waals surface area contributed by atoms with Gasteiger partial charge in [0.1, 0.15) is 17.2 Å². The molecule has 2 aromatic rings. The van der Waals surface area contributed by atoms with Gasteiger partial charge in [-0.2, -0.15) is 0 Å². The van der Waals surface area contributed by atoms with Gasteiger partial charge in [0.2, 0.25) is 11.8 Å². The van der Waals surface area contributed by atoms with Crippen molar-refractivity contribution in [3.05, 3.63) is 48.0 Å². The maximum absolute atomic E-state index is 14.2. The Morgan fingerprint density at radius 3 is 2.41 bits per heavy atom. The molecule has 8 nitrogen and oxygen atoms in total. The van der Waals surface area contributed by atoms with Crippen LogP contribution in [0.1, 0.15) is 38.7 Å². The van der Waals surface area contributed by atoms with E-state index in [1.165, 1.54) is 4.90 Å². The zero-order valence-corrected chi connectivity index (χ0v) is 21.9. The number of hydrogen-bond acceptors (Lipinski definition) is 7. The fraction of sp³-hybridized carbons (Fsp3) is 0.483. The predicted octanol–water partition coefficient (Wildman–Crippen LogP) is 4.21. The third-order valence-electron chi connectivity index (χ3n) is 8.53. The fourth-order valence-electron chi connectivity index (χ4n) is 6.73. The lowest BCUT2D eigenvalue weighted by molar-refractivity contribution is -0.163. The molecule has 37 heavy (non-hydrogen) atoms. The van der Waals surface area contributed by atoms with Gasteiger partial charge in [0.15, 0.2) is 0 Å². The van der Waals surface area contributed by atoms with Gasteiger partial charge in [0.25, 0.3) is 0 Å². The van der Waals surface area contributed by atoms with E-state index >= 15 is 0 Å². The van der Waals surface area contributed by atoms with Gasteiger partial charge in [0, 0.05) is 17.9 Å². The predicted molar refractivity (Wildman–Crippen MR) is 136 cm³/mol. The molecule has 1 saturated heterocycles. The second-order valence-corrected chi connectivity index (χ2v) is 10.4. The van der Waals surface area contributed by atoms with E-state index in [4.69, 9.17) is 18.9 Å². The molecule has 0 N–H and O–H groups in total. The summed E-state index contributed by atoms with van der Waals surface area (Å²) in [5.41, 5.74) is 0.241. The minimum Gasteiger partial charge on any atom is -0.497 e. The van der Waals surface area contributed by atoms with Crippen molar-refractivity contribution in [3.8, 4) is 17.2 Å². The molecule has 8 heteroatoms. The molecule has 2 aromatic carbocycles. The van der Waals surface area contributed by atoms with Gasteiger partial charge in [-0.25, -0.2) is 4.90 Å². The van der Waals surface area contributed by atoms with Crippen LogP contribution in [0.2, 0.25) is 0 Å². The Labute approximate surface area is 216 Å². The van der Waals surface area contributed by atoms with Gasteiger partial charge in [-0.15, -0.1) is 0 Å². The quantitative estimate of drug-likeness (QED) is 0.442. The van der Waals surface area contributed by atoms with Crippen LogP contribution in [-0.4, -0.2) is 45.2 Å². The topological polar surface area (TPSA) is 91.4 Å². The Balaban J connectivity index is 1.67. The molecular formula is C29H33NO7. The summed E-state index contributed by atoms with van der Waals surface area (Å²) < 4.78 is 22.4. The molecular weight excluding hydrogens is 474 g/mol. The molecule has 6 atom stereocenters. The number of ether oxygens (including phenoxy) is 4. The van der Waals surface area contributed by atoms with E-state index in [-0.39, 0.29) is 49.2 Å². The highest BCUT2D eigenvalue weighted by atomic mass is 16.5. The highest BCUT2D eigenvalue weighted by Crippen LogP contribution is 2.59. The van der Waals surface area contributed by atoms with E-state index in [2.05, 4.69) is 6.92 Å². The van der Waals surface area contributed by atoms with E-state index < -0.39 is 23.2 Å². The average molecular weight is 508 g/mol. The zero-order chi connectivity index (χ0) is 26.5. The number of fused-ring (bicyclic) bond motifs is 5. The second-order valence-electron chi connectivity index (χ2n) is 10.4. The first-order valence-corrected chi connectivity index (χ1v) is 12.7. The van der Waals surface area contributed by atoms with Crippen molar-refractivity contribution in [1.82, 2.24) is 0 Å². The van der Waals surface area contributed by atoms with Gasteiger partial charge in [0.05, 0.1) is 44.5 Å². The van der Waals surface area contributed by atoms with Crippen molar-refractivity contribution >= 4 is 23.5 Å². The van der Waals surface area contributed by atoms with Crippen LogP contribution in [0.15, 0.2) is 42.5 Å². The lowest BCUT2D eigenvalue weighted by Crippen LogP contribution is -2.59. The Morgan fingerprint density at radius 2 is 1.76 bits per heavy atom. The minimum atomic E-state index is -1.15. The van der Waals surface area contributed by atoms with Gasteiger partial charge >= 0.3 is 5.97 Å². The van der Waals surface area contributed by atoms with Crippen LogP contribution >= 0.6 is 0 Å². The number of methoxy groups -OCH3 is 2. The van der Waals surface area contributed by atoms with E-state index in [1.807, 2.05) is 25.1 Å². The number of amides is 2. The third kappa shape index (κ3) is 3.85. The third-order valence-corrected chi connectivity index (χ3v) is 8.53. The lowest BCUT2D eigenvalue weighted by atomic mass is 9.64. The van der Waals surface area contributed by atoms with Crippen LogP contribution in [0.4, 0.5) is 5.69 Å². The Morgan fingerprint density at radius 1 is 1.08 bits per heavy atom. The molecule has 2 bridgehead atoms. The van der Waals surface area contributed by atoms with Crippen molar-refractivity contribution in [3.63, 3.8) is 0 Å². The summed E-state index contributed by atoms with van der Waals surface area (Å²) in [5, 5.41) is 0. The normalized spacial score (nSPS) is 30.4. The number of piperidine rings is 1. The van der Waals surface area contributed by atoms with Crippen LogP contribution in [0, 0.1) is 29.1 Å². The van der Waals surface area contributed by atoms with Gasteiger partial charge in [-0.1, -0.05) is 13.0 Å². The standard InChI is InChI=1S/C29H33NO7/c1-6-36-27(32)25-22-15-37-23-13-19(35-5)11-12-20(23)24(22)16(2)21-14-29(25,3)28(33)30(26(21)31)17-7-9-18(34-4)10-8-17/h7-13,16,21-22,24-25H,6,14-15H2,1-5H3. The number of carbonyl (C=O) groups excluding carboxylic acids is 3. The van der Waals surface area contributed by atoms with Crippen molar-refractivity contribution in [1.29, 1.82) is 0 Å². The smallest absolute Gasteiger partial charge is 0.310 e. The van der Waals surface area contributed by atoms with E-state index in [0.717, 1.165) is 5.56 Å². The maximum Gasteiger partial charge on any atom is 0.310 e. The number of esters is 1. The molecule has 1 saturated carbocycles. The summed E-state index contributed by atoms with van der Waals surface area (Å²) in [5.74, 6) is -0.989. The lowest BCUT2D eigenvalue weighted by Gasteiger charge is -2.45. The molecule has 2 aliphatic heterocycles. The van der Waals surface area contributed by atoms with E-state index in [9.17, 15) is 14.4 Å². The largest absolute Gasteiger partial charge is 0.497 e. The van der Waals surface area contributed by atoms with Gasteiger partial charge < -0.3 is 18.9 Å². The number of benzene rings is 2. The first kappa shape index (κ1) is 25.1. The van der Waals surface area contributed by atoms with Crippen molar-refractivity contribution < 1.29 is 33.3 Å². The molecule has 3 aliphatic rings. The SMILES string of the molecule is CCOC(=O)C1C2COc3cc(OC)ccc3C2C(C)C2CC1(C)C(=O)N(c1ccc(OC)cc1)C2=O. The Bertz CT molecular complexity index is 1230. The molecule has 0 spiro atoms. The summed E-state index contributed by atoms with van der Waals surface area (Å²) >= 11 is 0. The summed E-state index contributed by atoms with van der Waals surface area (Å²) in [6.07, 6.45) is 0.278. The van der Waals surface area contributed by atoms with Gasteiger partial charge in [-0.3, -0.25) is 14.4 Å². The number of anilines is 1. The second kappa shape index (κ2) is 9.39. The molecule has 5 rings (SSSR count). The van der Waals surface area contributed by atoms with Crippen LogP contribution < -0.4 is 19.1 Å². The average Bonchev–Trinajstić information content (AvgIpc) is 2.99. The minimum absolute atomic E-state index is 0.152. The van der Waals surface area contributed by atoms with E-state index in [1.54, 1.807) is 45.4 Å². The maximum atomic E-state index is 14.2. The number of nitrogens with zero attached hydrogens (tertiary/aromatic N) is 1. The van der Waals surface area contributed by atoms with Gasteiger partial charge in [-0.05, 0) is 68.0 Å². The van der Waals surface area contributed by atoms with Crippen molar-refractivity contribution in [2.24, 2.45) is 29.1 Å². The highest BCUT2D eigenvalue weighted by Gasteiger charge is 2.64. The summed E-state index contributed by atoms with van der Waals surface area (Å²) in [6, 6.07) is 12.5. The molecule has 0 aromatic heterocycles. The van der Waals surface area contributed by atoms with Crippen molar-refractivity contribution in [2.75, 3.05) is 32.3 Å². The Kier molecular flexibility index (Phi) is 6.38. The summed E-state index contributed by atoms with van der Waals surface area (Å²) in [7, 11) is 3.16. The number of carbonyl (C=O) groups is 3. The first-order chi connectivity index (χ1) is 17.7. The first-order valence-electron chi connectivity index (χ1n) is 12.7. The highest BCUT2D eigenvalue weighted by molar-refractivity contribution is 6.20. The molecule has 0 radical (unpaired) electrons. The molecule has 196 valence electrons. The van der Waals surface area contributed by atoms with Crippen LogP contribution in [0.5, 0.6) is 17.2 Å². The monoisotopic (exact) mass is 507 g/mol. The molecule has 1 aliphatic carbocycles. The molecule has 6 unspecified atom stereocenters. The fourth-order valence-corrected chi connectivity index (χ4v) is 6.73. The number of rotatable bonds is 5. The molecule has 2 amide bonds. The molecule has 2 fully saturated rings. The van der Waals surface area contributed by atoms with Crippen LogP contribution in [0.3, 0.4) is 0 Å². The Hall–Kier alpha value is -3.55. The number of hydrogen-bond donors (Lipinski definition) is 0. The van der Waals surface area contributed by atoms with E-state index in [0.29, 0.717) is 22.9 Å². The molecule has 2 heterocycles.